The number of aliphatic hydroxyl groups excluding tert-OH is 1. The zero-order chi connectivity index (χ0) is 10.1. The average molecular weight is 189 g/mol. The summed E-state index contributed by atoms with van der Waals surface area (Å²) in [6.45, 7) is 1.81. The second kappa shape index (κ2) is 3.27. The van der Waals surface area contributed by atoms with Crippen molar-refractivity contribution in [3.05, 3.63) is 35.7 Å². The van der Waals surface area contributed by atoms with E-state index in [1.165, 1.54) is 0 Å². The number of hydrogen-bond acceptors (Lipinski definition) is 3. The van der Waals surface area contributed by atoms with Gasteiger partial charge in [-0.2, -0.15) is 0 Å². The Balaban J connectivity index is 2.91. The first-order valence-electron chi connectivity index (χ1n) is 4.41. The van der Waals surface area contributed by atoms with Gasteiger partial charge >= 0.3 is 0 Å². The van der Waals surface area contributed by atoms with E-state index in [0.29, 0.717) is 0 Å². The third kappa shape index (κ3) is 1.22. The number of phenols is 1. The average Bonchev–Trinajstić information content (AvgIpc) is 2.18. The van der Waals surface area contributed by atoms with Crippen LogP contribution in [0.1, 0.15) is 11.3 Å². The van der Waals surface area contributed by atoms with Crippen LogP contribution in [0.2, 0.25) is 0 Å². The molecular formula is C11H11NO2. The van der Waals surface area contributed by atoms with Crippen molar-refractivity contribution in [3.63, 3.8) is 0 Å². The fraction of sp³-hybridized carbons (Fsp3) is 0.182. The molecule has 2 aromatic rings. The SMILES string of the molecule is Cc1nccc2c(CO)ccc(O)c12. The van der Waals surface area contributed by atoms with E-state index in [9.17, 15) is 5.11 Å². The highest BCUT2D eigenvalue weighted by atomic mass is 16.3. The van der Waals surface area contributed by atoms with Crippen LogP contribution in [0.25, 0.3) is 10.8 Å². The minimum absolute atomic E-state index is 0.0275. The van der Waals surface area contributed by atoms with Gasteiger partial charge in [-0.3, -0.25) is 4.98 Å². The molecule has 72 valence electrons. The van der Waals surface area contributed by atoms with Crippen molar-refractivity contribution in [1.82, 2.24) is 4.98 Å². The molecule has 0 atom stereocenters. The fourth-order valence-corrected chi connectivity index (χ4v) is 1.65. The van der Waals surface area contributed by atoms with E-state index in [1.54, 1.807) is 24.4 Å². The molecule has 0 aliphatic heterocycles. The Morgan fingerprint density at radius 3 is 2.79 bits per heavy atom. The van der Waals surface area contributed by atoms with Gasteiger partial charge in [0.2, 0.25) is 0 Å². The third-order valence-corrected chi connectivity index (χ3v) is 2.36. The highest BCUT2D eigenvalue weighted by Gasteiger charge is 2.06. The van der Waals surface area contributed by atoms with Crippen LogP contribution < -0.4 is 0 Å². The Bertz CT molecular complexity index is 472. The number of aliphatic hydroxyl groups is 1. The molecule has 14 heavy (non-hydrogen) atoms. The van der Waals surface area contributed by atoms with Crippen molar-refractivity contribution >= 4 is 10.8 Å². The lowest BCUT2D eigenvalue weighted by Gasteiger charge is -2.07. The molecule has 0 bridgehead atoms. The summed E-state index contributed by atoms with van der Waals surface area (Å²) in [5.74, 6) is 0.211. The van der Waals surface area contributed by atoms with Crippen molar-refractivity contribution in [2.45, 2.75) is 13.5 Å². The number of aromatic hydroxyl groups is 1. The number of phenolic OH excluding ortho intramolecular Hbond substituents is 1. The van der Waals surface area contributed by atoms with Crippen molar-refractivity contribution < 1.29 is 10.2 Å². The number of hydrogen-bond donors (Lipinski definition) is 2. The Morgan fingerprint density at radius 1 is 1.29 bits per heavy atom. The number of rotatable bonds is 1. The number of benzene rings is 1. The van der Waals surface area contributed by atoms with Crippen LogP contribution in [0.15, 0.2) is 24.4 Å². The van der Waals surface area contributed by atoms with E-state index in [-0.39, 0.29) is 12.4 Å². The third-order valence-electron chi connectivity index (χ3n) is 2.36. The van der Waals surface area contributed by atoms with E-state index in [1.807, 2.05) is 6.92 Å². The minimum atomic E-state index is -0.0275. The molecule has 2 rings (SSSR count). The lowest BCUT2D eigenvalue weighted by Crippen LogP contribution is -1.90. The van der Waals surface area contributed by atoms with Gasteiger partial charge in [-0.05, 0) is 30.0 Å². The van der Waals surface area contributed by atoms with Crippen molar-refractivity contribution in [2.24, 2.45) is 0 Å². The molecular weight excluding hydrogens is 178 g/mol. The van der Waals surface area contributed by atoms with Gasteiger partial charge in [0, 0.05) is 17.3 Å². The van der Waals surface area contributed by atoms with Gasteiger partial charge in [0.25, 0.3) is 0 Å². The number of pyridine rings is 1. The Labute approximate surface area is 81.7 Å². The summed E-state index contributed by atoms with van der Waals surface area (Å²) < 4.78 is 0. The van der Waals surface area contributed by atoms with Crippen LogP contribution >= 0.6 is 0 Å². The molecule has 0 amide bonds. The molecule has 3 nitrogen and oxygen atoms in total. The molecule has 0 saturated carbocycles. The lowest BCUT2D eigenvalue weighted by molar-refractivity contribution is 0.283. The van der Waals surface area contributed by atoms with Crippen molar-refractivity contribution in [3.8, 4) is 5.75 Å². The first-order valence-corrected chi connectivity index (χ1v) is 4.41. The summed E-state index contributed by atoms with van der Waals surface area (Å²) in [7, 11) is 0. The molecule has 2 N–H and O–H groups in total. The van der Waals surface area contributed by atoms with Crippen LogP contribution in [0, 0.1) is 6.92 Å². The molecule has 0 aliphatic rings. The predicted molar refractivity (Wildman–Crippen MR) is 54.1 cm³/mol. The van der Waals surface area contributed by atoms with Crippen LogP contribution in [0.4, 0.5) is 0 Å². The van der Waals surface area contributed by atoms with E-state index in [2.05, 4.69) is 4.98 Å². The molecule has 0 aliphatic carbocycles. The lowest BCUT2D eigenvalue weighted by atomic mass is 10.0. The topological polar surface area (TPSA) is 53.4 Å². The molecule has 1 aromatic carbocycles. The standard InChI is InChI=1S/C11H11NO2/c1-7-11-9(4-5-12-7)8(6-13)2-3-10(11)14/h2-5,13-14H,6H2,1H3. The molecule has 0 fully saturated rings. The maximum absolute atomic E-state index is 9.65. The molecule has 1 aromatic heterocycles. The summed E-state index contributed by atoms with van der Waals surface area (Å²) in [6.07, 6.45) is 1.68. The van der Waals surface area contributed by atoms with E-state index >= 15 is 0 Å². The fourth-order valence-electron chi connectivity index (χ4n) is 1.65. The molecule has 3 heteroatoms. The number of fused-ring (bicyclic) bond motifs is 1. The zero-order valence-corrected chi connectivity index (χ0v) is 7.86. The van der Waals surface area contributed by atoms with Gasteiger partial charge < -0.3 is 10.2 Å². The first-order chi connectivity index (χ1) is 6.74. The summed E-state index contributed by atoms with van der Waals surface area (Å²) in [5.41, 5.74) is 1.58. The molecule has 0 spiro atoms. The summed E-state index contributed by atoms with van der Waals surface area (Å²) in [6, 6.07) is 5.10. The van der Waals surface area contributed by atoms with Crippen molar-refractivity contribution in [1.29, 1.82) is 0 Å². The second-order valence-corrected chi connectivity index (χ2v) is 3.22. The Kier molecular flexibility index (Phi) is 2.09. The normalized spacial score (nSPS) is 10.7. The molecule has 0 saturated heterocycles. The first kappa shape index (κ1) is 8.97. The second-order valence-electron chi connectivity index (χ2n) is 3.22. The summed E-state index contributed by atoms with van der Waals surface area (Å²) in [4.78, 5) is 4.10. The van der Waals surface area contributed by atoms with E-state index in [4.69, 9.17) is 5.11 Å². The smallest absolute Gasteiger partial charge is 0.125 e. The summed E-state index contributed by atoms with van der Waals surface area (Å²) in [5, 5.41) is 20.3. The maximum atomic E-state index is 9.65. The van der Waals surface area contributed by atoms with Gasteiger partial charge in [-0.1, -0.05) is 6.07 Å². The van der Waals surface area contributed by atoms with Crippen LogP contribution in [0.5, 0.6) is 5.75 Å². The van der Waals surface area contributed by atoms with Gasteiger partial charge in [-0.15, -0.1) is 0 Å². The highest BCUT2D eigenvalue weighted by Crippen LogP contribution is 2.29. The number of aromatic nitrogens is 1. The van der Waals surface area contributed by atoms with Gasteiger partial charge in [0.05, 0.1) is 6.61 Å². The largest absolute Gasteiger partial charge is 0.507 e. The van der Waals surface area contributed by atoms with E-state index < -0.39 is 0 Å². The van der Waals surface area contributed by atoms with Crippen LogP contribution in [-0.2, 0) is 6.61 Å². The highest BCUT2D eigenvalue weighted by molar-refractivity contribution is 5.92. The monoisotopic (exact) mass is 189 g/mol. The summed E-state index contributed by atoms with van der Waals surface area (Å²) >= 11 is 0. The van der Waals surface area contributed by atoms with Gasteiger partial charge in [0.15, 0.2) is 0 Å². The Morgan fingerprint density at radius 2 is 2.07 bits per heavy atom. The number of nitrogens with zero attached hydrogens (tertiary/aromatic N) is 1. The molecule has 0 radical (unpaired) electrons. The van der Waals surface area contributed by atoms with E-state index in [0.717, 1.165) is 22.0 Å². The van der Waals surface area contributed by atoms with Gasteiger partial charge in [0.1, 0.15) is 5.75 Å². The predicted octanol–water partition coefficient (Wildman–Crippen LogP) is 1.74. The van der Waals surface area contributed by atoms with Crippen LogP contribution in [-0.4, -0.2) is 15.2 Å². The van der Waals surface area contributed by atoms with Gasteiger partial charge in [-0.25, -0.2) is 0 Å². The van der Waals surface area contributed by atoms with Crippen molar-refractivity contribution in [2.75, 3.05) is 0 Å². The molecule has 1 heterocycles. The maximum Gasteiger partial charge on any atom is 0.125 e. The minimum Gasteiger partial charge on any atom is -0.507 e. The molecule has 0 unspecified atom stereocenters. The zero-order valence-electron chi connectivity index (χ0n) is 7.86. The Hall–Kier alpha value is -1.61. The number of aryl methyl sites for hydroxylation is 1. The quantitative estimate of drug-likeness (QED) is 0.718. The van der Waals surface area contributed by atoms with Crippen LogP contribution in [0.3, 0.4) is 0 Å².